The molecule has 21 heavy (non-hydrogen) atoms. The molecule has 0 aliphatic heterocycles. The van der Waals surface area contributed by atoms with Gasteiger partial charge in [-0.05, 0) is 23.8 Å². The summed E-state index contributed by atoms with van der Waals surface area (Å²) in [6.07, 6.45) is -7.44. The Morgan fingerprint density at radius 3 is 2.48 bits per heavy atom. The molecule has 0 radical (unpaired) electrons. The maximum Gasteiger partial charge on any atom is 0.416 e. The first-order valence-corrected chi connectivity index (χ1v) is 6.51. The highest BCUT2D eigenvalue weighted by molar-refractivity contribution is 5.88. The van der Waals surface area contributed by atoms with Crippen molar-refractivity contribution in [2.75, 3.05) is 6.61 Å². The summed E-state index contributed by atoms with van der Waals surface area (Å²) in [6.45, 7) is 2.02. The number of halogens is 3. The third-order valence-corrected chi connectivity index (χ3v) is 3.24. The molecule has 0 aromatic heterocycles. The highest BCUT2D eigenvalue weighted by atomic mass is 19.4. The molecule has 6 heteroatoms. The first-order valence-electron chi connectivity index (χ1n) is 6.51. The largest absolute Gasteiger partial charge is 0.494 e. The van der Waals surface area contributed by atoms with Gasteiger partial charge in [-0.2, -0.15) is 13.2 Å². The van der Waals surface area contributed by atoms with Crippen LogP contribution in [0.3, 0.4) is 0 Å². The average molecular weight is 299 g/mol. The molecule has 0 amide bonds. The molecule has 114 valence electrons. The van der Waals surface area contributed by atoms with E-state index in [2.05, 4.69) is 0 Å². The molecule has 0 heterocycles. The van der Waals surface area contributed by atoms with Crippen molar-refractivity contribution in [1.29, 1.82) is 0 Å². The van der Waals surface area contributed by atoms with Crippen molar-refractivity contribution < 1.29 is 23.0 Å². The molecule has 0 saturated carbocycles. The monoisotopic (exact) mass is 299 g/mol. The minimum Gasteiger partial charge on any atom is -0.494 e. The molecular weight excluding hydrogens is 283 g/mol. The lowest BCUT2D eigenvalue weighted by atomic mass is 9.94. The number of aliphatic hydroxyl groups excluding tert-OH is 1. The number of hydrogen-bond acceptors (Lipinski definition) is 3. The molecule has 0 spiro atoms. The van der Waals surface area contributed by atoms with E-state index in [0.29, 0.717) is 12.0 Å². The van der Waals surface area contributed by atoms with E-state index in [1.54, 1.807) is 43.3 Å². The summed E-state index contributed by atoms with van der Waals surface area (Å²) < 4.78 is 43.6. The van der Waals surface area contributed by atoms with Gasteiger partial charge in [0, 0.05) is 5.56 Å². The van der Waals surface area contributed by atoms with Crippen LogP contribution in [-0.2, 0) is 0 Å². The van der Waals surface area contributed by atoms with Crippen molar-refractivity contribution in [3.05, 3.63) is 42.0 Å². The number of hydrogen-bond donors (Lipinski definition) is 2. The van der Waals surface area contributed by atoms with Gasteiger partial charge in [0.05, 0.1) is 12.6 Å². The fourth-order valence-electron chi connectivity index (χ4n) is 2.26. The molecule has 2 aromatic rings. The maximum atomic E-state index is 12.7. The maximum absolute atomic E-state index is 12.7. The standard InChI is InChI=1S/C15H16F3NO2/c1-2-21-11-8-7-9-5-3-4-6-10(9)12(11)13(19)14(20)15(16,17)18/h3-8,13-14,20H,2,19H2,1H3/t13-,14-/m1/s1. The lowest BCUT2D eigenvalue weighted by molar-refractivity contribution is -0.210. The van der Waals surface area contributed by atoms with Crippen LogP contribution in [0.25, 0.3) is 10.8 Å². The molecule has 3 N–H and O–H groups in total. The van der Waals surface area contributed by atoms with Crippen LogP contribution in [0.1, 0.15) is 18.5 Å². The van der Waals surface area contributed by atoms with E-state index >= 15 is 0 Å². The Morgan fingerprint density at radius 2 is 1.86 bits per heavy atom. The van der Waals surface area contributed by atoms with Crippen LogP contribution in [0.2, 0.25) is 0 Å². The quantitative estimate of drug-likeness (QED) is 0.911. The van der Waals surface area contributed by atoms with Gasteiger partial charge in [0.1, 0.15) is 5.75 Å². The van der Waals surface area contributed by atoms with Gasteiger partial charge in [0.25, 0.3) is 0 Å². The van der Waals surface area contributed by atoms with Crippen LogP contribution in [0.15, 0.2) is 36.4 Å². The van der Waals surface area contributed by atoms with Crippen LogP contribution in [-0.4, -0.2) is 24.0 Å². The second-order valence-electron chi connectivity index (χ2n) is 4.64. The van der Waals surface area contributed by atoms with Crippen LogP contribution in [0.5, 0.6) is 5.75 Å². The Bertz CT molecular complexity index is 628. The molecule has 0 fully saturated rings. The minimum absolute atomic E-state index is 0.166. The normalized spacial score (nSPS) is 15.0. The summed E-state index contributed by atoms with van der Waals surface area (Å²) in [6, 6.07) is 8.61. The fraction of sp³-hybridized carbons (Fsp3) is 0.333. The molecule has 2 aromatic carbocycles. The number of rotatable bonds is 4. The number of benzene rings is 2. The van der Waals surface area contributed by atoms with Crippen molar-refractivity contribution in [2.24, 2.45) is 5.73 Å². The van der Waals surface area contributed by atoms with E-state index in [1.807, 2.05) is 0 Å². The van der Waals surface area contributed by atoms with E-state index in [-0.39, 0.29) is 11.3 Å². The molecule has 3 nitrogen and oxygen atoms in total. The number of nitrogens with two attached hydrogens (primary N) is 1. The van der Waals surface area contributed by atoms with Crippen molar-refractivity contribution >= 4 is 10.8 Å². The van der Waals surface area contributed by atoms with Gasteiger partial charge in [-0.25, -0.2) is 0 Å². The number of fused-ring (bicyclic) bond motifs is 1. The van der Waals surface area contributed by atoms with E-state index in [1.165, 1.54) is 0 Å². The van der Waals surface area contributed by atoms with Crippen LogP contribution < -0.4 is 10.5 Å². The Balaban J connectivity index is 2.61. The Kier molecular flexibility index (Phi) is 4.39. The Morgan fingerprint density at radius 1 is 1.19 bits per heavy atom. The molecule has 2 rings (SSSR count). The molecule has 2 atom stereocenters. The van der Waals surface area contributed by atoms with Crippen molar-refractivity contribution in [1.82, 2.24) is 0 Å². The van der Waals surface area contributed by atoms with Gasteiger partial charge in [-0.15, -0.1) is 0 Å². The Hall–Kier alpha value is -1.79. The zero-order valence-corrected chi connectivity index (χ0v) is 11.4. The van der Waals surface area contributed by atoms with E-state index < -0.39 is 18.3 Å². The summed E-state index contributed by atoms with van der Waals surface area (Å²) in [5.74, 6) is 0.256. The molecule has 0 aliphatic rings. The highest BCUT2D eigenvalue weighted by Crippen LogP contribution is 2.37. The lowest BCUT2D eigenvalue weighted by Gasteiger charge is -2.25. The number of aliphatic hydroxyl groups is 1. The van der Waals surface area contributed by atoms with Crippen molar-refractivity contribution in [2.45, 2.75) is 25.2 Å². The predicted octanol–water partition coefficient (Wildman–Crippen LogP) is 3.16. The molecular formula is C15H16F3NO2. The van der Waals surface area contributed by atoms with Crippen LogP contribution in [0.4, 0.5) is 13.2 Å². The summed E-state index contributed by atoms with van der Waals surface area (Å²) >= 11 is 0. The molecule has 0 bridgehead atoms. The highest BCUT2D eigenvalue weighted by Gasteiger charge is 2.43. The number of ether oxygens (including phenoxy) is 1. The van der Waals surface area contributed by atoms with E-state index in [0.717, 1.165) is 5.39 Å². The van der Waals surface area contributed by atoms with Gasteiger partial charge in [0.2, 0.25) is 0 Å². The summed E-state index contributed by atoms with van der Waals surface area (Å²) in [5.41, 5.74) is 5.84. The second-order valence-corrected chi connectivity index (χ2v) is 4.64. The van der Waals surface area contributed by atoms with Gasteiger partial charge < -0.3 is 15.6 Å². The van der Waals surface area contributed by atoms with E-state index in [4.69, 9.17) is 10.5 Å². The predicted molar refractivity (Wildman–Crippen MR) is 74.1 cm³/mol. The smallest absolute Gasteiger partial charge is 0.416 e. The first kappa shape index (κ1) is 15.6. The molecule has 0 unspecified atom stereocenters. The van der Waals surface area contributed by atoms with Crippen molar-refractivity contribution in [3.63, 3.8) is 0 Å². The molecule has 0 saturated heterocycles. The topological polar surface area (TPSA) is 55.5 Å². The summed E-state index contributed by atoms with van der Waals surface area (Å²) in [7, 11) is 0. The van der Waals surface area contributed by atoms with Gasteiger partial charge >= 0.3 is 6.18 Å². The average Bonchev–Trinajstić information content (AvgIpc) is 2.45. The first-order chi connectivity index (χ1) is 9.86. The summed E-state index contributed by atoms with van der Waals surface area (Å²) in [5, 5.41) is 10.7. The van der Waals surface area contributed by atoms with Crippen molar-refractivity contribution in [3.8, 4) is 5.75 Å². The SMILES string of the molecule is CCOc1ccc2ccccc2c1[C@@H](N)[C@@H](O)C(F)(F)F. The van der Waals surface area contributed by atoms with Gasteiger partial charge in [-0.1, -0.05) is 30.3 Å². The van der Waals surface area contributed by atoms with Gasteiger partial charge in [0.15, 0.2) is 6.10 Å². The van der Waals surface area contributed by atoms with E-state index in [9.17, 15) is 18.3 Å². The summed E-state index contributed by atoms with van der Waals surface area (Å²) in [4.78, 5) is 0. The lowest BCUT2D eigenvalue weighted by Crippen LogP contribution is -2.39. The Labute approximate surface area is 120 Å². The third-order valence-electron chi connectivity index (χ3n) is 3.24. The van der Waals surface area contributed by atoms with Crippen LogP contribution >= 0.6 is 0 Å². The second kappa shape index (κ2) is 5.91. The fourth-order valence-corrected chi connectivity index (χ4v) is 2.26. The molecule has 0 aliphatic carbocycles. The zero-order chi connectivity index (χ0) is 15.6. The minimum atomic E-state index is -4.79. The van der Waals surface area contributed by atoms with Gasteiger partial charge in [-0.3, -0.25) is 0 Å². The third kappa shape index (κ3) is 3.11. The van der Waals surface area contributed by atoms with Crippen LogP contribution in [0, 0.1) is 0 Å². The number of alkyl halides is 3. The zero-order valence-electron chi connectivity index (χ0n) is 11.4.